The second kappa shape index (κ2) is 7.92. The highest BCUT2D eigenvalue weighted by Crippen LogP contribution is 2.22. The molecular formula is C18H19N3O5S. The second-order valence-electron chi connectivity index (χ2n) is 6.04. The molecule has 0 N–H and O–H groups in total. The first-order chi connectivity index (χ1) is 13.0. The predicted molar refractivity (Wildman–Crippen MR) is 95.2 cm³/mol. The topological polar surface area (TPSA) is 104 Å². The maximum Gasteiger partial charge on any atom is 0.341 e. The van der Waals surface area contributed by atoms with Crippen LogP contribution in [0.25, 0.3) is 0 Å². The van der Waals surface area contributed by atoms with E-state index >= 15 is 0 Å². The van der Waals surface area contributed by atoms with Gasteiger partial charge in [0.25, 0.3) is 0 Å². The number of rotatable bonds is 5. The Hall–Kier alpha value is -2.67. The molecule has 0 saturated carbocycles. The minimum atomic E-state index is -3.73. The van der Waals surface area contributed by atoms with E-state index in [9.17, 15) is 13.2 Å². The monoisotopic (exact) mass is 389 g/mol. The third kappa shape index (κ3) is 3.88. The van der Waals surface area contributed by atoms with E-state index in [1.807, 2.05) is 11.0 Å². The number of hydrogen-bond donors (Lipinski definition) is 0. The molecule has 2 aromatic rings. The van der Waals surface area contributed by atoms with Crippen LogP contribution in [0.1, 0.15) is 21.7 Å². The van der Waals surface area contributed by atoms with Crippen molar-refractivity contribution in [1.82, 2.24) is 9.21 Å². The summed E-state index contributed by atoms with van der Waals surface area (Å²) in [6.45, 7) is 1.93. The lowest BCUT2D eigenvalue weighted by Gasteiger charge is -2.33. The quantitative estimate of drug-likeness (QED) is 0.713. The smallest absolute Gasteiger partial charge is 0.341 e. The number of ether oxygens (including phenoxy) is 1. The number of esters is 1. The molecule has 0 bridgehead atoms. The van der Waals surface area contributed by atoms with Crippen LogP contribution < -0.4 is 0 Å². The third-order valence-electron chi connectivity index (χ3n) is 4.47. The van der Waals surface area contributed by atoms with Gasteiger partial charge in [-0.2, -0.15) is 9.57 Å². The van der Waals surface area contributed by atoms with Gasteiger partial charge in [0.2, 0.25) is 10.0 Å². The van der Waals surface area contributed by atoms with Crippen molar-refractivity contribution in [3.05, 3.63) is 53.5 Å². The van der Waals surface area contributed by atoms with E-state index in [1.54, 1.807) is 18.2 Å². The molecule has 9 heteroatoms. The fraction of sp³-hybridized carbons (Fsp3) is 0.333. The van der Waals surface area contributed by atoms with Gasteiger partial charge >= 0.3 is 5.97 Å². The highest BCUT2D eigenvalue weighted by Gasteiger charge is 2.31. The lowest BCUT2D eigenvalue weighted by molar-refractivity contribution is 0.0595. The van der Waals surface area contributed by atoms with E-state index in [0.717, 1.165) is 0 Å². The molecule has 0 aliphatic carbocycles. The van der Waals surface area contributed by atoms with Crippen LogP contribution in [0.2, 0.25) is 0 Å². The van der Waals surface area contributed by atoms with Crippen molar-refractivity contribution < 1.29 is 22.4 Å². The number of nitrogens with zero attached hydrogens (tertiary/aromatic N) is 3. The molecule has 2 heterocycles. The SMILES string of the molecule is COC(=O)c1ccoc1CN1CCN(S(=O)(=O)c2ccccc2C#N)CC1. The maximum absolute atomic E-state index is 12.8. The molecule has 142 valence electrons. The first kappa shape index (κ1) is 19.1. The molecular weight excluding hydrogens is 370 g/mol. The third-order valence-corrected chi connectivity index (χ3v) is 6.43. The summed E-state index contributed by atoms with van der Waals surface area (Å²) in [5.41, 5.74) is 0.508. The Morgan fingerprint density at radius 1 is 1.22 bits per heavy atom. The van der Waals surface area contributed by atoms with E-state index in [2.05, 4.69) is 0 Å². The lowest BCUT2D eigenvalue weighted by atomic mass is 10.2. The molecule has 1 saturated heterocycles. The fourth-order valence-corrected chi connectivity index (χ4v) is 4.57. The first-order valence-corrected chi connectivity index (χ1v) is 9.77. The number of carbonyl (C=O) groups excluding carboxylic acids is 1. The summed E-state index contributed by atoms with van der Waals surface area (Å²) in [6, 6.07) is 9.67. The van der Waals surface area contributed by atoms with Gasteiger partial charge in [-0.25, -0.2) is 13.2 Å². The number of benzene rings is 1. The Bertz CT molecular complexity index is 969. The zero-order valence-electron chi connectivity index (χ0n) is 14.8. The molecule has 27 heavy (non-hydrogen) atoms. The number of hydrogen-bond acceptors (Lipinski definition) is 7. The van der Waals surface area contributed by atoms with Crippen molar-refractivity contribution in [3.63, 3.8) is 0 Å². The van der Waals surface area contributed by atoms with Gasteiger partial charge in [0.05, 0.1) is 30.4 Å². The van der Waals surface area contributed by atoms with Crippen LogP contribution in [0, 0.1) is 11.3 Å². The van der Waals surface area contributed by atoms with Crippen molar-refractivity contribution >= 4 is 16.0 Å². The summed E-state index contributed by atoms with van der Waals surface area (Å²) in [4.78, 5) is 13.8. The Labute approximate surface area is 157 Å². The molecule has 1 aromatic heterocycles. The van der Waals surface area contributed by atoms with Crippen molar-refractivity contribution in [2.45, 2.75) is 11.4 Å². The van der Waals surface area contributed by atoms with Crippen molar-refractivity contribution in [1.29, 1.82) is 5.26 Å². The summed E-state index contributed by atoms with van der Waals surface area (Å²) in [6.07, 6.45) is 1.43. The van der Waals surface area contributed by atoms with Gasteiger partial charge in [-0.15, -0.1) is 0 Å². The van der Waals surface area contributed by atoms with Crippen LogP contribution in [-0.2, 0) is 21.3 Å². The molecule has 0 atom stereocenters. The fourth-order valence-electron chi connectivity index (χ4n) is 3.01. The largest absolute Gasteiger partial charge is 0.467 e. The van der Waals surface area contributed by atoms with Gasteiger partial charge in [0.15, 0.2) is 0 Å². The van der Waals surface area contributed by atoms with Crippen molar-refractivity contribution in [2.75, 3.05) is 33.3 Å². The van der Waals surface area contributed by atoms with E-state index in [0.29, 0.717) is 31.0 Å². The molecule has 0 amide bonds. The van der Waals surface area contributed by atoms with Crippen molar-refractivity contribution in [3.8, 4) is 6.07 Å². The number of sulfonamides is 1. The van der Waals surface area contributed by atoms with Gasteiger partial charge in [-0.3, -0.25) is 4.90 Å². The average Bonchev–Trinajstić information content (AvgIpc) is 3.15. The van der Waals surface area contributed by atoms with Gasteiger partial charge < -0.3 is 9.15 Å². The molecule has 0 unspecified atom stereocenters. The molecule has 3 rings (SSSR count). The van der Waals surface area contributed by atoms with Crippen LogP contribution >= 0.6 is 0 Å². The van der Waals surface area contributed by atoms with Crippen LogP contribution in [0.15, 0.2) is 45.9 Å². The van der Waals surface area contributed by atoms with Crippen LogP contribution in [-0.4, -0.2) is 56.9 Å². The zero-order valence-corrected chi connectivity index (χ0v) is 15.6. The van der Waals surface area contributed by atoms with Crippen LogP contribution in [0.5, 0.6) is 0 Å². The number of furan rings is 1. The highest BCUT2D eigenvalue weighted by atomic mass is 32.2. The average molecular weight is 389 g/mol. The maximum atomic E-state index is 12.8. The normalized spacial score (nSPS) is 16.0. The summed E-state index contributed by atoms with van der Waals surface area (Å²) in [7, 11) is -2.42. The molecule has 8 nitrogen and oxygen atoms in total. The van der Waals surface area contributed by atoms with Crippen LogP contribution in [0.3, 0.4) is 0 Å². The van der Waals surface area contributed by atoms with Gasteiger partial charge in [-0.1, -0.05) is 12.1 Å². The van der Waals surface area contributed by atoms with Crippen molar-refractivity contribution in [2.24, 2.45) is 0 Å². The molecule has 1 aliphatic heterocycles. The molecule has 1 aromatic carbocycles. The number of nitriles is 1. The van der Waals surface area contributed by atoms with Crippen LogP contribution in [0.4, 0.5) is 0 Å². The standard InChI is InChI=1S/C18H19N3O5S/c1-25-18(22)15-6-11-26-16(15)13-20-7-9-21(10-8-20)27(23,24)17-5-3-2-4-14(17)12-19/h2-6,11H,7-10,13H2,1H3. The van der Waals surface area contributed by atoms with E-state index < -0.39 is 16.0 Å². The number of methoxy groups -OCH3 is 1. The van der Waals surface area contributed by atoms with Gasteiger partial charge in [-0.05, 0) is 18.2 Å². The Kier molecular flexibility index (Phi) is 5.60. The highest BCUT2D eigenvalue weighted by molar-refractivity contribution is 7.89. The van der Waals surface area contributed by atoms with Gasteiger partial charge in [0, 0.05) is 26.2 Å². The Morgan fingerprint density at radius 3 is 2.59 bits per heavy atom. The summed E-state index contributed by atoms with van der Waals surface area (Å²) >= 11 is 0. The lowest BCUT2D eigenvalue weighted by Crippen LogP contribution is -2.48. The molecule has 1 fully saturated rings. The molecule has 0 spiro atoms. The first-order valence-electron chi connectivity index (χ1n) is 8.33. The Morgan fingerprint density at radius 2 is 1.93 bits per heavy atom. The number of piperazine rings is 1. The van der Waals surface area contributed by atoms with E-state index in [1.165, 1.54) is 29.8 Å². The predicted octanol–water partition coefficient (Wildman–Crippen LogP) is 1.44. The summed E-state index contributed by atoms with van der Waals surface area (Å²) in [5.74, 6) is 0.0288. The molecule has 0 radical (unpaired) electrons. The summed E-state index contributed by atoms with van der Waals surface area (Å²) in [5, 5.41) is 9.17. The molecule has 1 aliphatic rings. The minimum absolute atomic E-state index is 0.0277. The minimum Gasteiger partial charge on any atom is -0.467 e. The number of carbonyl (C=O) groups is 1. The Balaban J connectivity index is 1.68. The van der Waals surface area contributed by atoms with E-state index in [4.69, 9.17) is 14.4 Å². The van der Waals surface area contributed by atoms with E-state index in [-0.39, 0.29) is 23.5 Å². The zero-order chi connectivity index (χ0) is 19.4. The second-order valence-corrected chi connectivity index (χ2v) is 7.94. The summed E-state index contributed by atoms with van der Waals surface area (Å²) < 4.78 is 37.2. The van der Waals surface area contributed by atoms with Gasteiger partial charge in [0.1, 0.15) is 17.4 Å².